The van der Waals surface area contributed by atoms with Gasteiger partial charge in [-0.15, -0.1) is 0 Å². The molecule has 0 N–H and O–H groups in total. The minimum Gasteiger partial charge on any atom is -1.00 e. The maximum Gasteiger partial charge on any atom is 0.343 e. The topological polar surface area (TPSA) is 89.7 Å². The van der Waals surface area contributed by atoms with Gasteiger partial charge in [-0.1, -0.05) is 0 Å². The van der Waals surface area contributed by atoms with Crippen molar-refractivity contribution in [3.63, 3.8) is 0 Å². The van der Waals surface area contributed by atoms with Crippen molar-refractivity contribution in [3.05, 3.63) is 60.2 Å². The molecule has 0 aromatic carbocycles. The van der Waals surface area contributed by atoms with Crippen molar-refractivity contribution in [2.24, 2.45) is 0 Å². The number of halogens is 1. The smallest absolute Gasteiger partial charge is 0.343 e. The number of rotatable bonds is 6. The second-order valence-corrected chi connectivity index (χ2v) is 5.56. The van der Waals surface area contributed by atoms with Crippen LogP contribution >= 0.6 is 0 Å². The highest BCUT2D eigenvalue weighted by atomic mass is 127. The van der Waals surface area contributed by atoms with Gasteiger partial charge in [0.25, 0.3) is 5.91 Å². The fourth-order valence-corrected chi connectivity index (χ4v) is 2.29. The lowest BCUT2D eigenvalue weighted by Gasteiger charge is -2.16. The second kappa shape index (κ2) is 14.4. The zero-order valence-electron chi connectivity index (χ0n) is 17.0. The van der Waals surface area contributed by atoms with Gasteiger partial charge in [0.2, 0.25) is 6.54 Å². The third-order valence-corrected chi connectivity index (χ3v) is 3.80. The van der Waals surface area contributed by atoms with Gasteiger partial charge in [-0.25, -0.2) is 9.59 Å². The first kappa shape index (κ1) is 26.4. The van der Waals surface area contributed by atoms with Crippen LogP contribution in [0.3, 0.4) is 0 Å². The van der Waals surface area contributed by atoms with Gasteiger partial charge in [-0.3, -0.25) is 9.78 Å². The number of carbonyl (C=O) groups excluding carboxylic acids is 3. The van der Waals surface area contributed by atoms with Crippen molar-refractivity contribution in [1.29, 1.82) is 0 Å². The van der Waals surface area contributed by atoms with Crippen molar-refractivity contribution in [3.8, 4) is 0 Å². The first-order valence-electron chi connectivity index (χ1n) is 8.80. The van der Waals surface area contributed by atoms with Gasteiger partial charge < -0.3 is 38.4 Å². The van der Waals surface area contributed by atoms with E-state index in [-0.39, 0.29) is 42.4 Å². The third kappa shape index (κ3) is 8.99. The zero-order valence-corrected chi connectivity index (χ0v) is 19.2. The quantitative estimate of drug-likeness (QED) is 0.265. The molecule has 0 radical (unpaired) electrons. The molecule has 2 rings (SSSR count). The molecule has 0 bridgehead atoms. The molecule has 2 heterocycles. The standard InChI is InChI=1S/C13H19N2O3.C7H7NO2.HI/c1-4-15(5-2)12(16)10-14-8-6-7-11(9-14)13(17)18-3;1-10-7(9)6-3-2-4-8-5-6;/h6-9H,4-5,10H2,1-3H3;2-5H,1H3;1H/q+1;;/p-1. The van der Waals surface area contributed by atoms with Crippen LogP contribution in [0.25, 0.3) is 0 Å². The molecular weight excluding hydrogens is 489 g/mol. The lowest BCUT2D eigenvalue weighted by atomic mass is 10.3. The first-order chi connectivity index (χ1) is 13.5. The van der Waals surface area contributed by atoms with E-state index in [9.17, 15) is 14.4 Å². The van der Waals surface area contributed by atoms with Gasteiger partial charge >= 0.3 is 11.9 Å². The molecule has 9 heteroatoms. The van der Waals surface area contributed by atoms with Crippen molar-refractivity contribution in [2.45, 2.75) is 20.4 Å². The predicted molar refractivity (Wildman–Crippen MR) is 101 cm³/mol. The van der Waals surface area contributed by atoms with Gasteiger partial charge in [0.1, 0.15) is 5.56 Å². The molecule has 0 atom stereocenters. The lowest BCUT2D eigenvalue weighted by Crippen LogP contribution is -3.00. The van der Waals surface area contributed by atoms with Crippen LogP contribution in [0.4, 0.5) is 0 Å². The summed E-state index contributed by atoms with van der Waals surface area (Å²) in [4.78, 5) is 39.5. The van der Waals surface area contributed by atoms with Crippen LogP contribution < -0.4 is 28.5 Å². The largest absolute Gasteiger partial charge is 1.00 e. The molecule has 0 spiro atoms. The molecule has 2 aromatic heterocycles. The zero-order chi connectivity index (χ0) is 20.9. The molecule has 0 saturated carbocycles. The summed E-state index contributed by atoms with van der Waals surface area (Å²) >= 11 is 0. The van der Waals surface area contributed by atoms with Crippen LogP contribution in [-0.4, -0.2) is 55.0 Å². The van der Waals surface area contributed by atoms with Crippen LogP contribution in [0.1, 0.15) is 34.6 Å². The number of ether oxygens (including phenoxy) is 2. The van der Waals surface area contributed by atoms with E-state index in [1.807, 2.05) is 13.8 Å². The van der Waals surface area contributed by atoms with E-state index in [2.05, 4.69) is 14.5 Å². The number of hydrogen-bond donors (Lipinski definition) is 0. The summed E-state index contributed by atoms with van der Waals surface area (Å²) in [7, 11) is 2.68. The SMILES string of the molecule is CCN(CC)C(=O)C[n+]1cccc(C(=O)OC)c1.COC(=O)c1cccnc1.[I-]. The monoisotopic (exact) mass is 515 g/mol. The Hall–Kier alpha value is -2.56. The van der Waals surface area contributed by atoms with Gasteiger partial charge in [-0.2, -0.15) is 4.57 Å². The van der Waals surface area contributed by atoms with E-state index in [0.717, 1.165) is 0 Å². The van der Waals surface area contributed by atoms with Crippen LogP contribution in [-0.2, 0) is 20.8 Å². The van der Waals surface area contributed by atoms with E-state index < -0.39 is 5.97 Å². The summed E-state index contributed by atoms with van der Waals surface area (Å²) in [6.07, 6.45) is 6.44. The van der Waals surface area contributed by atoms with Gasteiger partial charge in [0.05, 0.1) is 19.8 Å². The molecule has 158 valence electrons. The van der Waals surface area contributed by atoms with E-state index in [1.165, 1.54) is 20.4 Å². The lowest BCUT2D eigenvalue weighted by molar-refractivity contribution is -0.685. The summed E-state index contributed by atoms with van der Waals surface area (Å²) < 4.78 is 10.8. The molecule has 29 heavy (non-hydrogen) atoms. The average Bonchev–Trinajstić information content (AvgIpc) is 2.74. The van der Waals surface area contributed by atoms with Gasteiger partial charge in [-0.05, 0) is 32.0 Å². The summed E-state index contributed by atoms with van der Waals surface area (Å²) in [6.45, 7) is 5.49. The number of methoxy groups -OCH3 is 2. The average molecular weight is 515 g/mol. The van der Waals surface area contributed by atoms with E-state index in [0.29, 0.717) is 24.2 Å². The maximum atomic E-state index is 11.9. The minimum absolute atomic E-state index is 0. The second-order valence-electron chi connectivity index (χ2n) is 5.56. The summed E-state index contributed by atoms with van der Waals surface area (Å²) in [5.41, 5.74) is 0.914. The number of nitrogens with zero attached hydrogens (tertiary/aromatic N) is 3. The minimum atomic E-state index is -0.403. The Bertz CT molecular complexity index is 783. The highest BCUT2D eigenvalue weighted by Crippen LogP contribution is 1.98. The Morgan fingerprint density at radius 1 is 1.00 bits per heavy atom. The van der Waals surface area contributed by atoms with Crippen LogP contribution in [0.5, 0.6) is 0 Å². The number of hydrogen-bond acceptors (Lipinski definition) is 6. The van der Waals surface area contributed by atoms with E-state index in [1.54, 1.807) is 52.3 Å². The van der Waals surface area contributed by atoms with Crippen molar-refractivity contribution >= 4 is 17.8 Å². The number of aromatic nitrogens is 2. The molecule has 0 aliphatic rings. The van der Waals surface area contributed by atoms with Crippen molar-refractivity contribution < 1.29 is 52.4 Å². The highest BCUT2D eigenvalue weighted by molar-refractivity contribution is 5.89. The highest BCUT2D eigenvalue weighted by Gasteiger charge is 2.17. The Morgan fingerprint density at radius 2 is 1.59 bits per heavy atom. The van der Waals surface area contributed by atoms with E-state index >= 15 is 0 Å². The number of likely N-dealkylation sites (N-methyl/N-ethyl adjacent to an activating group) is 1. The molecule has 0 fully saturated rings. The molecule has 0 aliphatic heterocycles. The molecular formula is C20H26IN3O5. The number of amides is 1. The normalized spacial score (nSPS) is 9.24. The Kier molecular flexibility index (Phi) is 13.2. The fraction of sp³-hybridized carbons (Fsp3) is 0.350. The molecule has 1 amide bonds. The summed E-state index contributed by atoms with van der Waals surface area (Å²) in [6, 6.07) is 6.72. The summed E-state index contributed by atoms with van der Waals surface area (Å²) in [5, 5.41) is 0. The van der Waals surface area contributed by atoms with Crippen LogP contribution in [0, 0.1) is 0 Å². The summed E-state index contributed by atoms with van der Waals surface area (Å²) in [5.74, 6) is -0.722. The molecule has 0 unspecified atom stereocenters. The Morgan fingerprint density at radius 3 is 2.10 bits per heavy atom. The van der Waals surface area contributed by atoms with Gasteiger partial charge in [0, 0.05) is 31.5 Å². The molecule has 0 saturated heterocycles. The molecule has 2 aromatic rings. The number of pyridine rings is 2. The number of carbonyl (C=O) groups is 3. The molecule has 0 aliphatic carbocycles. The van der Waals surface area contributed by atoms with Crippen LogP contribution in [0.15, 0.2) is 49.1 Å². The Labute approximate surface area is 187 Å². The van der Waals surface area contributed by atoms with Crippen LogP contribution in [0.2, 0.25) is 0 Å². The first-order valence-corrected chi connectivity index (χ1v) is 8.80. The van der Waals surface area contributed by atoms with E-state index in [4.69, 9.17) is 0 Å². The third-order valence-electron chi connectivity index (χ3n) is 3.80. The predicted octanol–water partition coefficient (Wildman–Crippen LogP) is -1.50. The fourth-order valence-electron chi connectivity index (χ4n) is 2.29. The van der Waals surface area contributed by atoms with Crippen molar-refractivity contribution in [2.75, 3.05) is 27.3 Å². The maximum absolute atomic E-state index is 11.9. The van der Waals surface area contributed by atoms with Gasteiger partial charge in [0.15, 0.2) is 12.4 Å². The molecule has 8 nitrogen and oxygen atoms in total. The number of esters is 2. The Balaban J connectivity index is 0.000000606. The van der Waals surface area contributed by atoms with Crippen molar-refractivity contribution in [1.82, 2.24) is 9.88 Å².